The lowest BCUT2D eigenvalue weighted by atomic mass is 9.65. The van der Waals surface area contributed by atoms with Gasteiger partial charge in [-0.05, 0) is 164 Å². The van der Waals surface area contributed by atoms with Crippen molar-refractivity contribution in [2.24, 2.45) is 17.6 Å². The van der Waals surface area contributed by atoms with Crippen LogP contribution in [0, 0.1) is 11.8 Å². The van der Waals surface area contributed by atoms with Crippen LogP contribution < -0.4 is 16.4 Å². The molecule has 117 heavy (non-hydrogen) atoms. The molecule has 9 rings (SSSR count). The number of carboxylic acid groups (broad SMARTS) is 2. The molecule has 0 saturated carbocycles. The number of nitrogens with zero attached hydrogens (tertiary/aromatic N) is 4. The SMILES string of the molecule is CC.CC.CCCN(C)C.CC[C@H](CC(=O)CCCN(C)C)C(=O)O.CC[C@H](CC(=O)CCCN(C)C)C(=O)O.CN(C)CCNC(=O)N[C@@H](CS)C(=O)C(c1ccccc1)(c1ccccc1)c1ccccc1.N[C@@H](CS)C(=O)C(c1ccccc1)(c1ccccc1)c1ccccc1.O=C(CO)OCC1c2ccccc2-c2ccccc21. The number of carbonyl (C=O) groups is 8. The third kappa shape index (κ3) is 34.2. The molecule has 19 nitrogen and oxygen atoms in total. The fourth-order valence-electron chi connectivity index (χ4n) is 13.3. The number of hydrogen-bond acceptors (Lipinski definition) is 17. The van der Waals surface area contributed by atoms with Crippen molar-refractivity contribution in [2.45, 2.75) is 135 Å². The lowest BCUT2D eigenvalue weighted by molar-refractivity contribution is -0.147. The zero-order chi connectivity index (χ0) is 87.3. The van der Waals surface area contributed by atoms with Gasteiger partial charge in [0, 0.05) is 56.2 Å². The summed E-state index contributed by atoms with van der Waals surface area (Å²) in [5.41, 5.74) is 14.1. The highest BCUT2D eigenvalue weighted by Crippen LogP contribution is 2.46. The summed E-state index contributed by atoms with van der Waals surface area (Å²) in [6, 6.07) is 73.1. The third-order valence-electron chi connectivity index (χ3n) is 19.1. The molecule has 0 unspecified atom stereocenters. The molecule has 0 spiro atoms. The molecule has 0 heterocycles. The minimum atomic E-state index is -1.10. The largest absolute Gasteiger partial charge is 0.481 e. The van der Waals surface area contributed by atoms with E-state index < -0.39 is 59.3 Å². The number of rotatable bonds is 37. The van der Waals surface area contributed by atoms with Gasteiger partial charge in [0.25, 0.3) is 0 Å². The summed E-state index contributed by atoms with van der Waals surface area (Å²) in [6.45, 7) is 17.6. The number of aliphatic hydroxyl groups is 1. The second-order valence-electron chi connectivity index (χ2n) is 28.7. The highest BCUT2D eigenvalue weighted by Gasteiger charge is 2.48. The van der Waals surface area contributed by atoms with E-state index in [2.05, 4.69) is 86.1 Å². The van der Waals surface area contributed by atoms with E-state index >= 15 is 0 Å². The van der Waals surface area contributed by atoms with Gasteiger partial charge in [-0.15, -0.1) is 0 Å². The van der Waals surface area contributed by atoms with E-state index in [4.69, 9.17) is 25.8 Å². The number of carbonyl (C=O) groups excluding carboxylic acids is 6. The molecular formula is C96H133N7O12S2. The Balaban J connectivity index is 0.000000496. The number of aliphatic carboxylic acids is 2. The molecule has 2 amide bonds. The van der Waals surface area contributed by atoms with Gasteiger partial charge in [0.1, 0.15) is 35.6 Å². The Hall–Kier alpha value is -9.42. The number of aliphatic hydroxyl groups excluding tert-OH is 1. The topological polar surface area (TPSA) is 270 Å². The van der Waals surface area contributed by atoms with Crippen LogP contribution in [0.25, 0.3) is 11.1 Å². The number of fused-ring (bicyclic) bond motifs is 3. The van der Waals surface area contributed by atoms with Gasteiger partial charge in [-0.2, -0.15) is 25.3 Å². The molecule has 7 N–H and O–H groups in total. The molecule has 0 aliphatic heterocycles. The van der Waals surface area contributed by atoms with Crippen molar-refractivity contribution in [1.82, 2.24) is 30.2 Å². The molecule has 0 saturated heterocycles. The van der Waals surface area contributed by atoms with Crippen molar-refractivity contribution < 1.29 is 58.4 Å². The first-order valence-corrected chi connectivity index (χ1v) is 42.0. The molecule has 636 valence electrons. The van der Waals surface area contributed by atoms with Crippen LogP contribution in [0.3, 0.4) is 0 Å². The monoisotopic (exact) mass is 1640 g/mol. The molecule has 21 heteroatoms. The van der Waals surface area contributed by atoms with Crippen LogP contribution in [0.4, 0.5) is 4.79 Å². The standard InChI is InChI=1S/C27H31N3O2S.C22H21NOS.C16H14O3.2C11H21NO3.C5H13N.2C2H6/c1-30(2)19-18-28-26(32)29-24(20-33)25(31)27(21-12-6-3-7-13-21,22-14-8-4-9-15-22)23-16-10-5-11-17-23;23-20(16-25)21(24)22(17-10-4-1-5-11-17,18-12-6-2-7-13-18)19-14-8-3-9-15-19;17-9-16(18)19-10-15-13-7-3-1-5-11(13)12-6-2-4-8-14(12)15;2*1-4-9(11(14)15)8-10(13)6-5-7-12(2)3;1-4-5-6(2)3;2*1-2/h3-17,24,33H,18-20H2,1-2H3,(H2,28,29,32);1-15,20,25H,16,23H2;1-8,15,17H,9-10H2;2*9H,4-8H2,1-3H3,(H,14,15);4-5H2,1-3H3;2*1-2H3/t24-;20-;;2*9-;;;/m00.11.../s1. The maximum absolute atomic E-state index is 14.4. The highest BCUT2D eigenvalue weighted by molar-refractivity contribution is 7.80. The minimum absolute atomic E-state index is 0.0499. The molecule has 0 aromatic heterocycles. The van der Waals surface area contributed by atoms with Crippen molar-refractivity contribution >= 4 is 72.3 Å². The number of esters is 1. The predicted octanol–water partition coefficient (Wildman–Crippen LogP) is 15.7. The first-order valence-electron chi connectivity index (χ1n) is 40.7. The number of nitrogens with one attached hydrogen (secondary N) is 2. The van der Waals surface area contributed by atoms with Crippen LogP contribution in [-0.2, 0) is 49.1 Å². The molecule has 0 radical (unpaired) electrons. The van der Waals surface area contributed by atoms with Gasteiger partial charge in [0.15, 0.2) is 11.6 Å². The highest BCUT2D eigenvalue weighted by atomic mass is 32.1. The summed E-state index contributed by atoms with van der Waals surface area (Å²) in [6.07, 6.45) is 5.25. The Morgan fingerprint density at radius 1 is 0.444 bits per heavy atom. The molecule has 0 fully saturated rings. The van der Waals surface area contributed by atoms with E-state index in [9.17, 15) is 38.4 Å². The summed E-state index contributed by atoms with van der Waals surface area (Å²) < 4.78 is 5.10. The van der Waals surface area contributed by atoms with Gasteiger partial charge >= 0.3 is 23.9 Å². The normalized spacial score (nSPS) is 12.1. The van der Waals surface area contributed by atoms with Crippen molar-refractivity contribution in [2.75, 3.05) is 114 Å². The minimum Gasteiger partial charge on any atom is -0.481 e. The Labute approximate surface area is 709 Å². The molecule has 8 aromatic carbocycles. The number of amides is 2. The Kier molecular flexibility index (Phi) is 51.8. The molecule has 8 aromatic rings. The number of benzene rings is 8. The van der Waals surface area contributed by atoms with Gasteiger partial charge in [-0.3, -0.25) is 28.8 Å². The summed E-state index contributed by atoms with van der Waals surface area (Å²) >= 11 is 8.73. The third-order valence-corrected chi connectivity index (χ3v) is 19.8. The zero-order valence-corrected chi connectivity index (χ0v) is 73.6. The smallest absolute Gasteiger partial charge is 0.331 e. The van der Waals surface area contributed by atoms with Gasteiger partial charge < -0.3 is 56.0 Å². The van der Waals surface area contributed by atoms with Crippen molar-refractivity contribution in [3.8, 4) is 11.1 Å². The van der Waals surface area contributed by atoms with Crippen LogP contribution >= 0.6 is 25.3 Å². The Morgan fingerprint density at radius 2 is 0.752 bits per heavy atom. The van der Waals surface area contributed by atoms with Gasteiger partial charge in [-0.25, -0.2) is 9.59 Å². The first-order chi connectivity index (χ1) is 56.2. The predicted molar refractivity (Wildman–Crippen MR) is 484 cm³/mol. The summed E-state index contributed by atoms with van der Waals surface area (Å²) in [5.74, 6) is -2.84. The van der Waals surface area contributed by atoms with E-state index in [-0.39, 0.29) is 60.3 Å². The van der Waals surface area contributed by atoms with Crippen molar-refractivity contribution in [3.63, 3.8) is 0 Å². The van der Waals surface area contributed by atoms with Gasteiger partial charge in [-0.1, -0.05) is 279 Å². The van der Waals surface area contributed by atoms with E-state index in [1.54, 1.807) is 13.8 Å². The Morgan fingerprint density at radius 3 is 1.02 bits per heavy atom. The zero-order valence-electron chi connectivity index (χ0n) is 71.8. The van der Waals surface area contributed by atoms with Crippen LogP contribution in [0.1, 0.15) is 157 Å². The lowest BCUT2D eigenvalue weighted by Gasteiger charge is -2.37. The van der Waals surface area contributed by atoms with Crippen molar-refractivity contribution in [3.05, 3.63) is 275 Å². The Bertz CT molecular complexity index is 3820. The summed E-state index contributed by atoms with van der Waals surface area (Å²) in [5, 5.41) is 32.0. The molecular weight excluding hydrogens is 1510 g/mol. The number of ether oxygens (including phenoxy) is 1. The average molecular weight is 1640 g/mol. The maximum atomic E-state index is 14.4. The summed E-state index contributed by atoms with van der Waals surface area (Å²) in [4.78, 5) is 104. The molecule has 0 bridgehead atoms. The number of urea groups is 1. The number of carboxylic acids is 2. The van der Waals surface area contributed by atoms with Crippen LogP contribution in [0.5, 0.6) is 0 Å². The van der Waals surface area contributed by atoms with Crippen molar-refractivity contribution in [1.29, 1.82) is 0 Å². The average Bonchev–Trinajstić information content (AvgIpc) is 1.54. The van der Waals surface area contributed by atoms with E-state index in [0.29, 0.717) is 44.5 Å². The second kappa shape index (κ2) is 58.4. The van der Waals surface area contributed by atoms with E-state index in [1.807, 2.05) is 291 Å². The number of ketones is 4. The maximum Gasteiger partial charge on any atom is 0.331 e. The van der Waals surface area contributed by atoms with Crippen LogP contribution in [-0.4, -0.2) is 208 Å². The van der Waals surface area contributed by atoms with Crippen LogP contribution in [0.15, 0.2) is 231 Å². The van der Waals surface area contributed by atoms with E-state index in [0.717, 1.165) is 59.3 Å². The fraction of sp³-hybridized carbons (Fsp3) is 0.417. The van der Waals surface area contributed by atoms with Crippen LogP contribution in [0.2, 0.25) is 0 Å². The molecule has 1 aliphatic carbocycles. The number of hydrogen-bond donors (Lipinski definition) is 8. The lowest BCUT2D eigenvalue weighted by Crippen LogP contribution is -2.54. The van der Waals surface area contributed by atoms with E-state index in [1.165, 1.54) is 35.2 Å². The quantitative estimate of drug-likeness (QED) is 0.0102. The number of likely N-dealkylation sites (N-methyl/N-ethyl adjacent to an activating group) is 1. The molecule has 1 aliphatic rings. The number of Topliss-reactive ketones (excluding diaryl/α,β-unsaturated/α-hetero) is 4. The number of thiol groups is 2. The fourth-order valence-corrected chi connectivity index (χ4v) is 13.7. The summed E-state index contributed by atoms with van der Waals surface area (Å²) in [7, 11) is 15.9. The number of nitrogens with two attached hydrogens (primary N) is 1. The first kappa shape index (κ1) is 104. The van der Waals surface area contributed by atoms with Gasteiger partial charge in [0.05, 0.1) is 23.9 Å². The molecule has 4 atom stereocenters. The van der Waals surface area contributed by atoms with Gasteiger partial charge in [0.2, 0.25) is 0 Å². The second-order valence-corrected chi connectivity index (χ2v) is 29.4.